The van der Waals surface area contributed by atoms with E-state index >= 15 is 0 Å². The van der Waals surface area contributed by atoms with Gasteiger partial charge in [-0.05, 0) is 37.3 Å². The van der Waals surface area contributed by atoms with E-state index in [9.17, 15) is 9.90 Å². The first-order valence-corrected chi connectivity index (χ1v) is 11.6. The molecule has 7 heteroatoms. The molecule has 5 aromatic rings. The predicted molar refractivity (Wildman–Crippen MR) is 132 cm³/mol. The Labute approximate surface area is 196 Å². The number of nitrogen functional groups attached to an aromatic ring is 1. The Morgan fingerprint density at radius 3 is 2.62 bits per heavy atom. The van der Waals surface area contributed by atoms with E-state index in [-0.39, 0.29) is 11.8 Å². The fraction of sp³-hybridized carbons (Fsp3) is 0.222. The first-order valence-electron chi connectivity index (χ1n) is 11.6. The average Bonchev–Trinajstić information content (AvgIpc) is 3.47. The molecule has 2 aromatic carbocycles. The smallest absolute Gasteiger partial charge is 0.306 e. The molecule has 0 amide bonds. The van der Waals surface area contributed by atoms with Crippen molar-refractivity contribution < 1.29 is 9.90 Å². The van der Waals surface area contributed by atoms with Crippen LogP contribution in [0.1, 0.15) is 37.4 Å². The maximum Gasteiger partial charge on any atom is 0.306 e. The molecule has 7 nitrogen and oxygen atoms in total. The van der Waals surface area contributed by atoms with Crippen LogP contribution in [-0.4, -0.2) is 30.4 Å². The number of carboxylic acids is 1. The number of fused-ring (bicyclic) bond motifs is 2. The van der Waals surface area contributed by atoms with Crippen LogP contribution in [0.15, 0.2) is 67.0 Å². The lowest BCUT2D eigenvalue weighted by Gasteiger charge is -2.25. The Morgan fingerprint density at radius 2 is 1.85 bits per heavy atom. The first kappa shape index (κ1) is 20.5. The van der Waals surface area contributed by atoms with Gasteiger partial charge in [0, 0.05) is 29.3 Å². The summed E-state index contributed by atoms with van der Waals surface area (Å²) in [5.41, 5.74) is 12.1. The Kier molecular flexibility index (Phi) is 4.83. The molecule has 1 fully saturated rings. The molecule has 0 radical (unpaired) electrons. The molecule has 0 unspecified atom stereocenters. The second-order valence-corrected chi connectivity index (χ2v) is 9.06. The topological polar surface area (TPSA) is 109 Å². The molecule has 3 heterocycles. The van der Waals surface area contributed by atoms with Gasteiger partial charge in [0.25, 0.3) is 0 Å². The number of para-hydroxylation sites is 1. The molecule has 0 saturated heterocycles. The summed E-state index contributed by atoms with van der Waals surface area (Å²) in [6.45, 7) is 0. The number of imidazole rings is 1. The molecule has 3 aromatic heterocycles. The zero-order valence-corrected chi connectivity index (χ0v) is 18.6. The number of aliphatic carboxylic acids is 1. The summed E-state index contributed by atoms with van der Waals surface area (Å²) in [6.07, 6.45) is 6.51. The molecule has 170 valence electrons. The number of hydrogen-bond acceptors (Lipinski definition) is 4. The third-order valence-corrected chi connectivity index (χ3v) is 7.05. The van der Waals surface area contributed by atoms with Crippen molar-refractivity contribution >= 4 is 28.2 Å². The highest BCUT2D eigenvalue weighted by Crippen LogP contribution is 2.39. The van der Waals surface area contributed by atoms with Gasteiger partial charge in [0.2, 0.25) is 0 Å². The summed E-state index contributed by atoms with van der Waals surface area (Å²) in [6, 6.07) is 18.7. The molecule has 1 aliphatic rings. The Morgan fingerprint density at radius 1 is 1.06 bits per heavy atom. The Bertz CT molecular complexity index is 1510. The summed E-state index contributed by atoms with van der Waals surface area (Å²) in [4.78, 5) is 24.4. The Balaban J connectivity index is 1.48. The number of carbonyl (C=O) groups is 1. The second-order valence-electron chi connectivity index (χ2n) is 9.06. The first-order chi connectivity index (χ1) is 16.6. The second kappa shape index (κ2) is 8.02. The molecule has 4 N–H and O–H groups in total. The SMILES string of the molecule is Nc1nccn2c1c(-c1cc3cccc(-c4ccccc4)c3[nH]1)nc2[C@H]1CC[C@H](C(=O)O)CC1. The summed E-state index contributed by atoms with van der Waals surface area (Å²) >= 11 is 0. The van der Waals surface area contributed by atoms with Crippen LogP contribution in [0.3, 0.4) is 0 Å². The van der Waals surface area contributed by atoms with Crippen molar-refractivity contribution in [3.63, 3.8) is 0 Å². The average molecular weight is 452 g/mol. The van der Waals surface area contributed by atoms with Crippen molar-refractivity contribution in [3.05, 3.63) is 72.8 Å². The van der Waals surface area contributed by atoms with Crippen molar-refractivity contribution in [1.82, 2.24) is 19.4 Å². The van der Waals surface area contributed by atoms with Crippen LogP contribution in [0.2, 0.25) is 0 Å². The van der Waals surface area contributed by atoms with Crippen molar-refractivity contribution in [1.29, 1.82) is 0 Å². The number of nitrogens with zero attached hydrogens (tertiary/aromatic N) is 3. The number of nitrogens with one attached hydrogen (secondary N) is 1. The van der Waals surface area contributed by atoms with Crippen LogP contribution >= 0.6 is 0 Å². The zero-order chi connectivity index (χ0) is 23.2. The minimum absolute atomic E-state index is 0.183. The van der Waals surface area contributed by atoms with E-state index in [0.717, 1.165) is 57.6 Å². The van der Waals surface area contributed by atoms with E-state index in [4.69, 9.17) is 10.7 Å². The van der Waals surface area contributed by atoms with Crippen LogP contribution in [0.4, 0.5) is 5.82 Å². The number of aromatic amines is 1. The summed E-state index contributed by atoms with van der Waals surface area (Å²) in [5, 5.41) is 10.5. The highest BCUT2D eigenvalue weighted by atomic mass is 16.4. The van der Waals surface area contributed by atoms with Gasteiger partial charge in [0.05, 0.1) is 17.1 Å². The van der Waals surface area contributed by atoms with E-state index in [2.05, 4.69) is 46.4 Å². The zero-order valence-electron chi connectivity index (χ0n) is 18.6. The number of H-pyrrole nitrogens is 1. The van der Waals surface area contributed by atoms with Gasteiger partial charge in [-0.1, -0.05) is 48.5 Å². The van der Waals surface area contributed by atoms with Crippen molar-refractivity contribution in [2.24, 2.45) is 5.92 Å². The van der Waals surface area contributed by atoms with Gasteiger partial charge in [-0.15, -0.1) is 0 Å². The van der Waals surface area contributed by atoms with Crippen LogP contribution in [0, 0.1) is 5.92 Å². The maximum atomic E-state index is 11.4. The highest BCUT2D eigenvalue weighted by Gasteiger charge is 2.30. The number of rotatable bonds is 4. The van der Waals surface area contributed by atoms with E-state index in [1.54, 1.807) is 6.20 Å². The summed E-state index contributed by atoms with van der Waals surface area (Å²) in [7, 11) is 0. The van der Waals surface area contributed by atoms with Gasteiger partial charge < -0.3 is 15.8 Å². The van der Waals surface area contributed by atoms with Gasteiger partial charge >= 0.3 is 5.97 Å². The monoisotopic (exact) mass is 451 g/mol. The van der Waals surface area contributed by atoms with E-state index < -0.39 is 5.97 Å². The molecule has 0 atom stereocenters. The molecule has 34 heavy (non-hydrogen) atoms. The normalized spacial score (nSPS) is 18.5. The van der Waals surface area contributed by atoms with Gasteiger partial charge in [0.15, 0.2) is 0 Å². The van der Waals surface area contributed by atoms with Gasteiger partial charge in [-0.25, -0.2) is 9.97 Å². The number of anilines is 1. The number of nitrogens with two attached hydrogens (primary N) is 1. The lowest BCUT2D eigenvalue weighted by atomic mass is 9.81. The lowest BCUT2D eigenvalue weighted by Crippen LogP contribution is -2.21. The molecular weight excluding hydrogens is 426 g/mol. The minimum atomic E-state index is -0.701. The Hall–Kier alpha value is -4.13. The quantitative estimate of drug-likeness (QED) is 0.335. The summed E-state index contributed by atoms with van der Waals surface area (Å²) in [5.74, 6) is 0.567. The molecule has 0 spiro atoms. The van der Waals surface area contributed by atoms with Gasteiger partial charge in [0.1, 0.15) is 22.9 Å². The number of carboxylic acid groups (broad SMARTS) is 1. The van der Waals surface area contributed by atoms with Crippen molar-refractivity contribution in [3.8, 4) is 22.5 Å². The molecule has 1 saturated carbocycles. The fourth-order valence-corrected chi connectivity index (χ4v) is 5.30. The predicted octanol–water partition coefficient (Wildman–Crippen LogP) is 5.49. The largest absolute Gasteiger partial charge is 0.481 e. The van der Waals surface area contributed by atoms with Crippen LogP contribution in [0.25, 0.3) is 38.9 Å². The highest BCUT2D eigenvalue weighted by molar-refractivity contribution is 5.98. The van der Waals surface area contributed by atoms with Crippen LogP contribution in [0.5, 0.6) is 0 Å². The number of aromatic nitrogens is 4. The fourth-order valence-electron chi connectivity index (χ4n) is 5.30. The van der Waals surface area contributed by atoms with E-state index in [1.165, 1.54) is 0 Å². The summed E-state index contributed by atoms with van der Waals surface area (Å²) < 4.78 is 2.03. The minimum Gasteiger partial charge on any atom is -0.481 e. The van der Waals surface area contributed by atoms with E-state index in [1.807, 2.05) is 28.8 Å². The number of hydrogen-bond donors (Lipinski definition) is 3. The molecule has 1 aliphatic carbocycles. The van der Waals surface area contributed by atoms with Gasteiger partial charge in [-0.2, -0.15) is 0 Å². The van der Waals surface area contributed by atoms with E-state index in [0.29, 0.717) is 18.7 Å². The van der Waals surface area contributed by atoms with Crippen LogP contribution in [-0.2, 0) is 4.79 Å². The van der Waals surface area contributed by atoms with Crippen molar-refractivity contribution in [2.45, 2.75) is 31.6 Å². The standard InChI is InChI=1S/C27H25N5O2/c28-25-24-23(21-15-19-7-4-8-20(22(19)30-21)16-5-2-1-3-6-16)31-26(32(24)14-13-29-25)17-9-11-18(12-10-17)27(33)34/h1-8,13-15,17-18,30H,9-12H2,(H2,28,29)(H,33,34)/t17-,18-. The molecule has 6 rings (SSSR count). The molecule has 0 bridgehead atoms. The molecule has 0 aliphatic heterocycles. The third kappa shape index (κ3) is 3.32. The number of benzene rings is 2. The third-order valence-electron chi connectivity index (χ3n) is 7.05. The van der Waals surface area contributed by atoms with Crippen molar-refractivity contribution in [2.75, 3.05) is 5.73 Å². The van der Waals surface area contributed by atoms with Crippen LogP contribution < -0.4 is 5.73 Å². The maximum absolute atomic E-state index is 11.4. The molecular formula is C27H25N5O2. The lowest BCUT2D eigenvalue weighted by molar-refractivity contribution is -0.142. The van der Waals surface area contributed by atoms with Gasteiger partial charge in [-0.3, -0.25) is 9.20 Å².